The zero-order valence-corrected chi connectivity index (χ0v) is 9.76. The standard InChI is InChI=1S/C14H17NO2/c15-8-7-10-1-3-11(4-2-10)13-6-5-12(16)9-14(13)17/h5-6,9-11,16-17H,1-4,7H2. The number of phenolic OH excluding ortho intramolecular Hbond substituents is 2. The van der Waals surface area contributed by atoms with Gasteiger partial charge in [0.1, 0.15) is 11.5 Å². The largest absolute Gasteiger partial charge is 0.508 e. The maximum Gasteiger partial charge on any atom is 0.122 e. The Labute approximate surface area is 101 Å². The highest BCUT2D eigenvalue weighted by molar-refractivity contribution is 5.41. The molecule has 0 atom stereocenters. The van der Waals surface area contributed by atoms with E-state index in [1.807, 2.05) is 0 Å². The van der Waals surface area contributed by atoms with Crippen LogP contribution in [0.4, 0.5) is 0 Å². The molecule has 0 spiro atoms. The molecule has 0 saturated heterocycles. The van der Waals surface area contributed by atoms with Crippen molar-refractivity contribution in [2.24, 2.45) is 5.92 Å². The van der Waals surface area contributed by atoms with Gasteiger partial charge in [-0.25, -0.2) is 0 Å². The molecule has 0 aromatic heterocycles. The zero-order chi connectivity index (χ0) is 12.3. The van der Waals surface area contributed by atoms with Crippen LogP contribution >= 0.6 is 0 Å². The van der Waals surface area contributed by atoms with Gasteiger partial charge in [0, 0.05) is 12.5 Å². The smallest absolute Gasteiger partial charge is 0.122 e. The van der Waals surface area contributed by atoms with Gasteiger partial charge in [0.2, 0.25) is 0 Å². The van der Waals surface area contributed by atoms with Crippen molar-refractivity contribution in [3.05, 3.63) is 23.8 Å². The zero-order valence-electron chi connectivity index (χ0n) is 9.76. The average molecular weight is 231 g/mol. The van der Waals surface area contributed by atoms with Crippen LogP contribution in [0.2, 0.25) is 0 Å². The third-order valence-electron chi connectivity index (χ3n) is 3.68. The fourth-order valence-corrected chi connectivity index (χ4v) is 2.68. The Hall–Kier alpha value is -1.69. The van der Waals surface area contributed by atoms with Crippen molar-refractivity contribution in [2.75, 3.05) is 0 Å². The topological polar surface area (TPSA) is 64.2 Å². The summed E-state index contributed by atoms with van der Waals surface area (Å²) in [5, 5.41) is 27.7. The van der Waals surface area contributed by atoms with Crippen LogP contribution in [0.3, 0.4) is 0 Å². The third kappa shape index (κ3) is 2.71. The van der Waals surface area contributed by atoms with E-state index in [4.69, 9.17) is 5.26 Å². The molecule has 0 unspecified atom stereocenters. The van der Waals surface area contributed by atoms with Crippen LogP contribution in [0.25, 0.3) is 0 Å². The quantitative estimate of drug-likeness (QED) is 0.820. The van der Waals surface area contributed by atoms with Crippen LogP contribution in [0.1, 0.15) is 43.6 Å². The molecule has 1 aromatic rings. The van der Waals surface area contributed by atoms with E-state index in [0.29, 0.717) is 18.3 Å². The number of phenols is 2. The summed E-state index contributed by atoms with van der Waals surface area (Å²) >= 11 is 0. The molecule has 3 nitrogen and oxygen atoms in total. The Morgan fingerprint density at radius 3 is 2.47 bits per heavy atom. The molecule has 1 saturated carbocycles. The Balaban J connectivity index is 2.03. The molecule has 2 N–H and O–H groups in total. The van der Waals surface area contributed by atoms with Crippen molar-refractivity contribution in [1.82, 2.24) is 0 Å². The SMILES string of the molecule is N#CCC1CCC(c2ccc(O)cc2O)CC1. The lowest BCUT2D eigenvalue weighted by Crippen LogP contribution is -2.13. The minimum atomic E-state index is 0.101. The highest BCUT2D eigenvalue weighted by Crippen LogP contribution is 2.40. The summed E-state index contributed by atoms with van der Waals surface area (Å²) in [6, 6.07) is 7.05. The molecule has 3 heteroatoms. The van der Waals surface area contributed by atoms with E-state index in [1.165, 1.54) is 6.07 Å². The lowest BCUT2D eigenvalue weighted by Gasteiger charge is -2.27. The van der Waals surface area contributed by atoms with Gasteiger partial charge in [-0.2, -0.15) is 5.26 Å². The second kappa shape index (κ2) is 5.09. The summed E-state index contributed by atoms with van der Waals surface area (Å²) in [6.07, 6.45) is 4.79. The van der Waals surface area contributed by atoms with E-state index in [2.05, 4.69) is 6.07 Å². The van der Waals surface area contributed by atoms with Crippen LogP contribution in [-0.4, -0.2) is 10.2 Å². The molecule has 0 radical (unpaired) electrons. The number of hydrogen-bond acceptors (Lipinski definition) is 3. The summed E-state index contributed by atoms with van der Waals surface area (Å²) in [5.41, 5.74) is 0.929. The van der Waals surface area contributed by atoms with Gasteiger partial charge in [-0.1, -0.05) is 6.07 Å². The first kappa shape index (κ1) is 11.8. The first-order valence-electron chi connectivity index (χ1n) is 6.09. The number of benzene rings is 1. The van der Waals surface area contributed by atoms with Gasteiger partial charge in [-0.15, -0.1) is 0 Å². The first-order valence-corrected chi connectivity index (χ1v) is 6.09. The third-order valence-corrected chi connectivity index (χ3v) is 3.68. The number of hydrogen-bond donors (Lipinski definition) is 2. The van der Waals surface area contributed by atoms with Crippen LogP contribution in [0.15, 0.2) is 18.2 Å². The van der Waals surface area contributed by atoms with E-state index < -0.39 is 0 Å². The summed E-state index contributed by atoms with van der Waals surface area (Å²) < 4.78 is 0. The predicted octanol–water partition coefficient (Wildman–Crippen LogP) is 3.29. The van der Waals surface area contributed by atoms with Crippen molar-refractivity contribution >= 4 is 0 Å². The minimum Gasteiger partial charge on any atom is -0.508 e. The number of rotatable bonds is 2. The molecule has 0 amide bonds. The van der Waals surface area contributed by atoms with Gasteiger partial charge >= 0.3 is 0 Å². The van der Waals surface area contributed by atoms with Crippen molar-refractivity contribution in [2.45, 2.75) is 38.0 Å². The van der Waals surface area contributed by atoms with E-state index >= 15 is 0 Å². The second-order valence-electron chi connectivity index (χ2n) is 4.82. The van der Waals surface area contributed by atoms with Gasteiger partial charge in [0.05, 0.1) is 6.07 Å². The summed E-state index contributed by atoms with van der Waals surface area (Å²) in [5.74, 6) is 1.18. The molecule has 1 aromatic carbocycles. The van der Waals surface area contributed by atoms with Crippen LogP contribution in [0.5, 0.6) is 11.5 Å². The molecule has 1 aliphatic rings. The Morgan fingerprint density at radius 1 is 1.18 bits per heavy atom. The maximum absolute atomic E-state index is 9.80. The number of nitriles is 1. The van der Waals surface area contributed by atoms with E-state index in [9.17, 15) is 10.2 Å². The van der Waals surface area contributed by atoms with Crippen molar-refractivity contribution in [3.8, 4) is 17.6 Å². The molecular weight excluding hydrogens is 214 g/mol. The Bertz CT molecular complexity index is 428. The molecular formula is C14H17NO2. The predicted molar refractivity (Wildman–Crippen MR) is 64.7 cm³/mol. The molecule has 0 heterocycles. The molecule has 1 aliphatic carbocycles. The lowest BCUT2D eigenvalue weighted by molar-refractivity contribution is 0.324. The number of nitrogens with zero attached hydrogens (tertiary/aromatic N) is 1. The maximum atomic E-state index is 9.80. The average Bonchev–Trinajstić information content (AvgIpc) is 2.31. The van der Waals surface area contributed by atoms with E-state index in [1.54, 1.807) is 12.1 Å². The van der Waals surface area contributed by atoms with Gasteiger partial charge in [0.25, 0.3) is 0 Å². The molecule has 17 heavy (non-hydrogen) atoms. The van der Waals surface area contributed by atoms with Gasteiger partial charge in [0.15, 0.2) is 0 Å². The van der Waals surface area contributed by atoms with Crippen molar-refractivity contribution < 1.29 is 10.2 Å². The van der Waals surface area contributed by atoms with Gasteiger partial charge in [-0.3, -0.25) is 0 Å². The summed E-state index contributed by atoms with van der Waals surface area (Å²) in [6.45, 7) is 0. The monoisotopic (exact) mass is 231 g/mol. The normalized spacial score (nSPS) is 24.2. The fraction of sp³-hybridized carbons (Fsp3) is 0.500. The second-order valence-corrected chi connectivity index (χ2v) is 4.82. The minimum absolute atomic E-state index is 0.101. The van der Waals surface area contributed by atoms with E-state index in [0.717, 1.165) is 31.2 Å². The van der Waals surface area contributed by atoms with Crippen LogP contribution < -0.4 is 0 Å². The molecule has 0 aliphatic heterocycles. The van der Waals surface area contributed by atoms with Crippen molar-refractivity contribution in [3.63, 3.8) is 0 Å². The fourth-order valence-electron chi connectivity index (χ4n) is 2.68. The number of aromatic hydroxyl groups is 2. The molecule has 1 fully saturated rings. The molecule has 90 valence electrons. The highest BCUT2D eigenvalue weighted by Gasteiger charge is 2.23. The van der Waals surface area contributed by atoms with Crippen molar-refractivity contribution in [1.29, 1.82) is 5.26 Å². The highest BCUT2D eigenvalue weighted by atomic mass is 16.3. The Morgan fingerprint density at radius 2 is 1.88 bits per heavy atom. The summed E-state index contributed by atoms with van der Waals surface area (Å²) in [4.78, 5) is 0. The lowest BCUT2D eigenvalue weighted by atomic mass is 9.77. The van der Waals surface area contributed by atoms with E-state index in [-0.39, 0.29) is 11.5 Å². The van der Waals surface area contributed by atoms with Gasteiger partial charge < -0.3 is 10.2 Å². The summed E-state index contributed by atoms with van der Waals surface area (Å²) in [7, 11) is 0. The molecule has 2 rings (SSSR count). The Kier molecular flexibility index (Phi) is 3.53. The van der Waals surface area contributed by atoms with Crippen LogP contribution in [0, 0.1) is 17.2 Å². The van der Waals surface area contributed by atoms with Gasteiger partial charge in [-0.05, 0) is 49.1 Å². The first-order chi connectivity index (χ1) is 8.20. The van der Waals surface area contributed by atoms with Crippen LogP contribution in [-0.2, 0) is 0 Å². The molecule has 0 bridgehead atoms.